The largest absolute Gasteiger partial charge is 0.469 e. The second-order valence-electron chi connectivity index (χ2n) is 4.28. The van der Waals surface area contributed by atoms with Crippen molar-refractivity contribution in [1.82, 2.24) is 0 Å². The maximum Gasteiger partial charge on any atom is 0.313 e. The molecule has 1 aliphatic rings. The highest BCUT2D eigenvalue weighted by Gasteiger charge is 2.50. The van der Waals surface area contributed by atoms with Crippen LogP contribution in [-0.2, 0) is 9.53 Å². The lowest BCUT2D eigenvalue weighted by molar-refractivity contribution is -0.146. The number of esters is 1. The van der Waals surface area contributed by atoms with E-state index in [-0.39, 0.29) is 11.4 Å². The van der Waals surface area contributed by atoms with Gasteiger partial charge in [0.2, 0.25) is 0 Å². The van der Waals surface area contributed by atoms with Gasteiger partial charge >= 0.3 is 5.97 Å². The van der Waals surface area contributed by atoms with Gasteiger partial charge in [-0.2, -0.15) is 5.26 Å². The summed E-state index contributed by atoms with van der Waals surface area (Å²) in [7, 11) is 1.41. The van der Waals surface area contributed by atoms with E-state index in [2.05, 4.69) is 11.4 Å². The molecule has 1 fully saturated rings. The van der Waals surface area contributed by atoms with Gasteiger partial charge in [0.15, 0.2) is 0 Å². The average molecular weight is 230 g/mol. The fraction of sp³-hybridized carbons (Fsp3) is 0.385. The Morgan fingerprint density at radius 2 is 2.24 bits per heavy atom. The molecule has 2 rings (SSSR count). The quantitative estimate of drug-likeness (QED) is 0.803. The van der Waals surface area contributed by atoms with Crippen LogP contribution < -0.4 is 5.32 Å². The number of ether oxygens (including phenoxy) is 1. The van der Waals surface area contributed by atoms with E-state index in [1.165, 1.54) is 7.11 Å². The highest BCUT2D eigenvalue weighted by molar-refractivity contribution is 5.80. The SMILES string of the molecule is COC(=O)C1(CNc2ccccc2C#N)CC1. The van der Waals surface area contributed by atoms with Gasteiger partial charge in [-0.1, -0.05) is 12.1 Å². The fourth-order valence-corrected chi connectivity index (χ4v) is 1.82. The minimum atomic E-state index is -0.378. The lowest BCUT2D eigenvalue weighted by Crippen LogP contribution is -2.26. The molecule has 1 saturated carbocycles. The zero-order valence-corrected chi connectivity index (χ0v) is 9.69. The van der Waals surface area contributed by atoms with Crippen LogP contribution in [-0.4, -0.2) is 19.6 Å². The molecule has 0 heterocycles. The lowest BCUT2D eigenvalue weighted by atomic mass is 10.1. The molecule has 1 aliphatic carbocycles. The van der Waals surface area contributed by atoms with E-state index in [9.17, 15) is 4.79 Å². The summed E-state index contributed by atoms with van der Waals surface area (Å²) in [5, 5.41) is 12.1. The summed E-state index contributed by atoms with van der Waals surface area (Å²) in [4.78, 5) is 11.5. The Kier molecular flexibility index (Phi) is 3.01. The van der Waals surface area contributed by atoms with Crippen molar-refractivity contribution < 1.29 is 9.53 Å². The first-order chi connectivity index (χ1) is 8.22. The number of para-hydroxylation sites is 1. The number of nitriles is 1. The number of hydrogen-bond donors (Lipinski definition) is 1. The van der Waals surface area contributed by atoms with Gasteiger partial charge in [-0.15, -0.1) is 0 Å². The Bertz CT molecular complexity index is 473. The summed E-state index contributed by atoms with van der Waals surface area (Å²) in [6.07, 6.45) is 1.70. The van der Waals surface area contributed by atoms with Crippen LogP contribution in [0, 0.1) is 16.7 Å². The second-order valence-corrected chi connectivity index (χ2v) is 4.28. The number of methoxy groups -OCH3 is 1. The Hall–Kier alpha value is -2.02. The summed E-state index contributed by atoms with van der Waals surface area (Å²) in [6.45, 7) is 0.526. The van der Waals surface area contributed by atoms with Gasteiger partial charge in [0.1, 0.15) is 6.07 Å². The smallest absolute Gasteiger partial charge is 0.313 e. The zero-order chi connectivity index (χ0) is 12.3. The maximum absolute atomic E-state index is 11.5. The van der Waals surface area contributed by atoms with Crippen molar-refractivity contribution in [3.8, 4) is 6.07 Å². The van der Waals surface area contributed by atoms with E-state index < -0.39 is 0 Å². The molecule has 0 amide bonds. The first-order valence-corrected chi connectivity index (χ1v) is 5.53. The first kappa shape index (κ1) is 11.5. The van der Waals surface area contributed by atoms with Crippen molar-refractivity contribution in [3.63, 3.8) is 0 Å². The van der Waals surface area contributed by atoms with Crippen molar-refractivity contribution in [2.24, 2.45) is 5.41 Å². The molecule has 4 nitrogen and oxygen atoms in total. The molecule has 0 radical (unpaired) electrons. The summed E-state index contributed by atoms with van der Waals surface area (Å²) >= 11 is 0. The molecule has 0 unspecified atom stereocenters. The lowest BCUT2D eigenvalue weighted by Gasteiger charge is -2.14. The first-order valence-electron chi connectivity index (χ1n) is 5.53. The Labute approximate surface area is 100 Å². The van der Waals surface area contributed by atoms with Crippen molar-refractivity contribution in [2.75, 3.05) is 19.0 Å². The van der Waals surface area contributed by atoms with Gasteiger partial charge < -0.3 is 10.1 Å². The van der Waals surface area contributed by atoms with Crippen LogP contribution >= 0.6 is 0 Å². The number of nitrogens with zero attached hydrogens (tertiary/aromatic N) is 1. The number of rotatable bonds is 4. The number of carbonyl (C=O) groups is 1. The van der Waals surface area contributed by atoms with Gasteiger partial charge in [-0.25, -0.2) is 0 Å². The Morgan fingerprint density at radius 3 is 2.82 bits per heavy atom. The number of carbonyl (C=O) groups excluding carboxylic acids is 1. The van der Waals surface area contributed by atoms with Gasteiger partial charge in [0.25, 0.3) is 0 Å². The molecule has 0 aliphatic heterocycles. The molecule has 0 atom stereocenters. The summed E-state index contributed by atoms with van der Waals surface area (Å²) < 4.78 is 4.78. The molecular formula is C13H14N2O2. The standard InChI is InChI=1S/C13H14N2O2/c1-17-12(16)13(6-7-13)9-15-11-5-3-2-4-10(11)8-14/h2-5,15H,6-7,9H2,1H3. The Balaban J connectivity index is 2.04. The predicted molar refractivity (Wildman–Crippen MR) is 63.3 cm³/mol. The molecule has 0 spiro atoms. The van der Waals surface area contributed by atoms with Crippen molar-refractivity contribution >= 4 is 11.7 Å². The molecule has 0 bridgehead atoms. The number of benzene rings is 1. The number of hydrogen-bond acceptors (Lipinski definition) is 4. The summed E-state index contributed by atoms with van der Waals surface area (Å²) in [5.41, 5.74) is 0.982. The van der Waals surface area contributed by atoms with E-state index in [0.29, 0.717) is 12.1 Å². The van der Waals surface area contributed by atoms with Crippen LogP contribution in [0.15, 0.2) is 24.3 Å². The van der Waals surface area contributed by atoms with Gasteiger partial charge in [0.05, 0.1) is 23.8 Å². The van der Waals surface area contributed by atoms with Crippen LogP contribution in [0.3, 0.4) is 0 Å². The third-order valence-electron chi connectivity index (χ3n) is 3.14. The van der Waals surface area contributed by atoms with E-state index in [0.717, 1.165) is 18.5 Å². The van der Waals surface area contributed by atoms with Crippen molar-refractivity contribution in [2.45, 2.75) is 12.8 Å². The third-order valence-corrected chi connectivity index (χ3v) is 3.14. The van der Waals surface area contributed by atoms with Gasteiger partial charge in [-0.05, 0) is 25.0 Å². The monoisotopic (exact) mass is 230 g/mol. The average Bonchev–Trinajstić information content (AvgIpc) is 3.17. The van der Waals surface area contributed by atoms with Crippen LogP contribution in [0.2, 0.25) is 0 Å². The van der Waals surface area contributed by atoms with Crippen LogP contribution in [0.1, 0.15) is 18.4 Å². The van der Waals surface area contributed by atoms with Crippen LogP contribution in [0.5, 0.6) is 0 Å². The fourth-order valence-electron chi connectivity index (χ4n) is 1.82. The highest BCUT2D eigenvalue weighted by Crippen LogP contribution is 2.46. The van der Waals surface area contributed by atoms with Crippen LogP contribution in [0.4, 0.5) is 5.69 Å². The van der Waals surface area contributed by atoms with Crippen molar-refractivity contribution in [1.29, 1.82) is 5.26 Å². The van der Waals surface area contributed by atoms with E-state index in [4.69, 9.17) is 10.00 Å². The minimum absolute atomic E-state index is 0.167. The number of anilines is 1. The summed E-state index contributed by atoms with van der Waals surface area (Å²) in [6, 6.07) is 9.38. The number of nitrogens with one attached hydrogen (secondary N) is 1. The molecule has 1 aromatic carbocycles. The topological polar surface area (TPSA) is 62.1 Å². The van der Waals surface area contributed by atoms with Gasteiger partial charge in [0, 0.05) is 6.54 Å². The molecule has 0 aromatic heterocycles. The zero-order valence-electron chi connectivity index (χ0n) is 9.69. The highest BCUT2D eigenvalue weighted by atomic mass is 16.5. The normalized spacial score (nSPS) is 15.8. The molecule has 4 heteroatoms. The maximum atomic E-state index is 11.5. The molecular weight excluding hydrogens is 216 g/mol. The van der Waals surface area contributed by atoms with E-state index in [1.807, 2.05) is 18.2 Å². The minimum Gasteiger partial charge on any atom is -0.469 e. The molecule has 1 aromatic rings. The molecule has 1 N–H and O–H groups in total. The van der Waals surface area contributed by atoms with Gasteiger partial charge in [-0.3, -0.25) is 4.79 Å². The van der Waals surface area contributed by atoms with E-state index >= 15 is 0 Å². The molecule has 17 heavy (non-hydrogen) atoms. The molecule has 0 saturated heterocycles. The Morgan fingerprint density at radius 1 is 1.53 bits per heavy atom. The molecule has 88 valence electrons. The third kappa shape index (κ3) is 2.23. The van der Waals surface area contributed by atoms with Crippen LogP contribution in [0.25, 0.3) is 0 Å². The second kappa shape index (κ2) is 4.46. The predicted octanol–water partition coefficient (Wildman–Crippen LogP) is 1.92. The van der Waals surface area contributed by atoms with E-state index in [1.54, 1.807) is 6.07 Å². The summed E-state index contributed by atoms with van der Waals surface area (Å²) in [5.74, 6) is -0.167. The van der Waals surface area contributed by atoms with Crippen molar-refractivity contribution in [3.05, 3.63) is 29.8 Å².